The van der Waals surface area contributed by atoms with Gasteiger partial charge in [0.2, 0.25) is 0 Å². The topological polar surface area (TPSA) is 26.3 Å². The van der Waals surface area contributed by atoms with E-state index in [9.17, 15) is 4.79 Å². The summed E-state index contributed by atoms with van der Waals surface area (Å²) in [4.78, 5) is 12.0. The first-order valence-electron chi connectivity index (χ1n) is 11.5. The van der Waals surface area contributed by atoms with Crippen molar-refractivity contribution in [1.82, 2.24) is 0 Å². The van der Waals surface area contributed by atoms with Gasteiger partial charge in [-0.2, -0.15) is 0 Å². The molecule has 0 saturated carbocycles. The zero-order chi connectivity index (χ0) is 19.5. The smallest absolute Gasteiger partial charge is 0.306 e. The van der Waals surface area contributed by atoms with Crippen molar-refractivity contribution in [2.75, 3.05) is 0 Å². The molecule has 0 saturated heterocycles. The van der Waals surface area contributed by atoms with Gasteiger partial charge in [0.05, 0.1) is 0 Å². The molecule has 0 aromatic carbocycles. The molecule has 0 aliphatic carbocycles. The van der Waals surface area contributed by atoms with Crippen LogP contribution in [0.15, 0.2) is 12.2 Å². The molecule has 0 aliphatic rings. The highest BCUT2D eigenvalue weighted by atomic mass is 16.5. The Hall–Kier alpha value is -0.790. The van der Waals surface area contributed by atoms with E-state index in [1.165, 1.54) is 57.8 Å². The van der Waals surface area contributed by atoms with Gasteiger partial charge in [-0.05, 0) is 50.9 Å². The summed E-state index contributed by atoms with van der Waals surface area (Å²) in [7, 11) is 0. The van der Waals surface area contributed by atoms with Gasteiger partial charge in [0, 0.05) is 6.42 Å². The quantitative estimate of drug-likeness (QED) is 0.139. The van der Waals surface area contributed by atoms with Crippen molar-refractivity contribution in [3.8, 4) is 0 Å². The number of ether oxygens (including phenoxy) is 1. The standard InChI is InChI=1S/C24H46O2/c1-5-8-9-10-11-12-13-14-15-16-17-18-19-21-24(25)26-23(7-3)22(4)20-6-2/h12-13,22-23H,5-11,14-21H2,1-4H3/b13-12-. The third kappa shape index (κ3) is 15.5. The molecule has 2 heteroatoms. The van der Waals surface area contributed by atoms with Gasteiger partial charge in [-0.25, -0.2) is 0 Å². The summed E-state index contributed by atoms with van der Waals surface area (Å²) in [5.74, 6) is 0.486. The molecular formula is C24H46O2. The molecule has 0 radical (unpaired) electrons. The molecule has 0 N–H and O–H groups in total. The predicted octanol–water partition coefficient (Wildman–Crippen LogP) is 8.00. The molecule has 0 aromatic heterocycles. The van der Waals surface area contributed by atoms with Gasteiger partial charge in [0.1, 0.15) is 6.10 Å². The first kappa shape index (κ1) is 25.2. The second kappa shape index (κ2) is 19.0. The largest absolute Gasteiger partial charge is 0.462 e. The van der Waals surface area contributed by atoms with Crippen LogP contribution in [0.2, 0.25) is 0 Å². The second-order valence-electron chi connectivity index (χ2n) is 7.83. The Morgan fingerprint density at radius 1 is 0.808 bits per heavy atom. The van der Waals surface area contributed by atoms with Crippen LogP contribution in [0.1, 0.15) is 124 Å². The highest BCUT2D eigenvalue weighted by molar-refractivity contribution is 5.69. The fourth-order valence-electron chi connectivity index (χ4n) is 3.46. The van der Waals surface area contributed by atoms with Crippen LogP contribution >= 0.6 is 0 Å². The van der Waals surface area contributed by atoms with Crippen LogP contribution in [0.4, 0.5) is 0 Å². The molecule has 26 heavy (non-hydrogen) atoms. The van der Waals surface area contributed by atoms with Crippen LogP contribution in [0.25, 0.3) is 0 Å². The van der Waals surface area contributed by atoms with Gasteiger partial charge in [0.25, 0.3) is 0 Å². The average Bonchev–Trinajstić information content (AvgIpc) is 2.63. The van der Waals surface area contributed by atoms with Gasteiger partial charge < -0.3 is 4.74 Å². The predicted molar refractivity (Wildman–Crippen MR) is 114 cm³/mol. The zero-order valence-electron chi connectivity index (χ0n) is 18.2. The maximum atomic E-state index is 12.0. The molecular weight excluding hydrogens is 320 g/mol. The van der Waals surface area contributed by atoms with Gasteiger partial charge in [-0.3, -0.25) is 4.79 Å². The molecule has 0 rings (SSSR count). The number of hydrogen-bond acceptors (Lipinski definition) is 2. The Kier molecular flexibility index (Phi) is 18.4. The highest BCUT2D eigenvalue weighted by Gasteiger charge is 2.18. The summed E-state index contributed by atoms with van der Waals surface area (Å²) in [5.41, 5.74) is 0. The summed E-state index contributed by atoms with van der Waals surface area (Å²) >= 11 is 0. The van der Waals surface area contributed by atoms with Crippen molar-refractivity contribution < 1.29 is 9.53 Å². The van der Waals surface area contributed by atoms with E-state index in [1.807, 2.05) is 0 Å². The maximum Gasteiger partial charge on any atom is 0.306 e. The molecule has 0 heterocycles. The van der Waals surface area contributed by atoms with Crippen LogP contribution in [-0.4, -0.2) is 12.1 Å². The number of esters is 1. The molecule has 0 amide bonds. The molecule has 0 aliphatic heterocycles. The molecule has 0 fully saturated rings. The van der Waals surface area contributed by atoms with Crippen molar-refractivity contribution in [2.24, 2.45) is 5.92 Å². The number of allylic oxidation sites excluding steroid dienone is 2. The summed E-state index contributed by atoms with van der Waals surface area (Å²) < 4.78 is 5.67. The van der Waals surface area contributed by atoms with Crippen molar-refractivity contribution >= 4 is 5.97 Å². The SMILES string of the molecule is CCCCCC/C=C\CCCCCCCC(=O)OC(CC)C(C)CCC. The number of carbonyl (C=O) groups excluding carboxylic acids is 1. The minimum atomic E-state index is 0.00538. The first-order valence-corrected chi connectivity index (χ1v) is 11.5. The van der Waals surface area contributed by atoms with E-state index in [2.05, 4.69) is 39.8 Å². The second-order valence-corrected chi connectivity index (χ2v) is 7.83. The third-order valence-corrected chi connectivity index (χ3v) is 5.21. The molecule has 2 atom stereocenters. The third-order valence-electron chi connectivity index (χ3n) is 5.21. The van der Waals surface area contributed by atoms with Crippen molar-refractivity contribution in [3.63, 3.8) is 0 Å². The fraction of sp³-hybridized carbons (Fsp3) is 0.875. The first-order chi connectivity index (χ1) is 12.7. The number of unbranched alkanes of at least 4 members (excludes halogenated alkanes) is 9. The summed E-state index contributed by atoms with van der Waals surface area (Å²) in [6, 6.07) is 0. The lowest BCUT2D eigenvalue weighted by Gasteiger charge is -2.22. The van der Waals surface area contributed by atoms with E-state index >= 15 is 0 Å². The van der Waals surface area contributed by atoms with Crippen LogP contribution in [0.3, 0.4) is 0 Å². The minimum Gasteiger partial charge on any atom is -0.462 e. The summed E-state index contributed by atoms with van der Waals surface area (Å²) in [6.45, 7) is 8.76. The van der Waals surface area contributed by atoms with Gasteiger partial charge in [-0.1, -0.05) is 84.8 Å². The van der Waals surface area contributed by atoms with E-state index in [1.54, 1.807) is 0 Å². The van der Waals surface area contributed by atoms with Crippen LogP contribution in [0.5, 0.6) is 0 Å². The Labute approximate surface area is 164 Å². The molecule has 154 valence electrons. The van der Waals surface area contributed by atoms with Gasteiger partial charge >= 0.3 is 5.97 Å². The maximum absolute atomic E-state index is 12.0. The molecule has 2 unspecified atom stereocenters. The van der Waals surface area contributed by atoms with Crippen molar-refractivity contribution in [2.45, 2.75) is 130 Å². The van der Waals surface area contributed by atoms with E-state index < -0.39 is 0 Å². The van der Waals surface area contributed by atoms with E-state index in [-0.39, 0.29) is 12.1 Å². The number of rotatable bonds is 18. The molecule has 0 aromatic rings. The van der Waals surface area contributed by atoms with Gasteiger partial charge in [0.15, 0.2) is 0 Å². The number of hydrogen-bond donors (Lipinski definition) is 0. The molecule has 0 bridgehead atoms. The Morgan fingerprint density at radius 2 is 1.38 bits per heavy atom. The van der Waals surface area contributed by atoms with Crippen LogP contribution in [0, 0.1) is 5.92 Å². The number of carbonyl (C=O) groups is 1. The fourth-order valence-corrected chi connectivity index (χ4v) is 3.46. The Balaban J connectivity index is 3.51. The highest BCUT2D eigenvalue weighted by Crippen LogP contribution is 2.18. The average molecular weight is 367 g/mol. The van der Waals surface area contributed by atoms with Crippen LogP contribution < -0.4 is 0 Å². The lowest BCUT2D eigenvalue weighted by Crippen LogP contribution is -2.24. The van der Waals surface area contributed by atoms with Crippen molar-refractivity contribution in [3.05, 3.63) is 12.2 Å². The minimum absolute atomic E-state index is 0.00538. The van der Waals surface area contributed by atoms with E-state index in [4.69, 9.17) is 4.74 Å². The van der Waals surface area contributed by atoms with Crippen LogP contribution in [-0.2, 0) is 9.53 Å². The van der Waals surface area contributed by atoms with E-state index in [0.29, 0.717) is 12.3 Å². The zero-order valence-corrected chi connectivity index (χ0v) is 18.2. The summed E-state index contributed by atoms with van der Waals surface area (Å²) in [5, 5.41) is 0. The molecule has 0 spiro atoms. The lowest BCUT2D eigenvalue weighted by molar-refractivity contribution is -0.152. The Bertz CT molecular complexity index is 335. The van der Waals surface area contributed by atoms with E-state index in [0.717, 1.165) is 32.1 Å². The lowest BCUT2D eigenvalue weighted by atomic mass is 9.97. The Morgan fingerprint density at radius 3 is 1.96 bits per heavy atom. The summed E-state index contributed by atoms with van der Waals surface area (Å²) in [6.07, 6.45) is 22.4. The van der Waals surface area contributed by atoms with Crippen molar-refractivity contribution in [1.29, 1.82) is 0 Å². The normalized spacial score (nSPS) is 13.8. The van der Waals surface area contributed by atoms with Gasteiger partial charge in [-0.15, -0.1) is 0 Å². The molecule has 2 nitrogen and oxygen atoms in total. The monoisotopic (exact) mass is 366 g/mol.